The van der Waals surface area contributed by atoms with Gasteiger partial charge in [0.25, 0.3) is 0 Å². The van der Waals surface area contributed by atoms with E-state index in [0.717, 1.165) is 76.0 Å². The summed E-state index contributed by atoms with van der Waals surface area (Å²) in [5.41, 5.74) is 5.74. The highest BCUT2D eigenvalue weighted by molar-refractivity contribution is 7.25. The molecule has 9 rings (SSSR count). The van der Waals surface area contributed by atoms with Crippen molar-refractivity contribution >= 4 is 66.5 Å². The Bertz CT molecular complexity index is 2540. The molecule has 5 N–H and O–H groups in total. The molecular weight excluding hydrogens is 733 g/mol. The molecule has 0 radical (unpaired) electrons. The van der Waals surface area contributed by atoms with Crippen molar-refractivity contribution in [3.05, 3.63) is 72.4 Å². The van der Waals surface area contributed by atoms with Gasteiger partial charge >= 0.3 is 12.2 Å². The number of rotatable bonds is 8. The molecule has 14 nitrogen and oxygen atoms in total. The minimum Gasteiger partial charge on any atom is -0.465 e. The second kappa shape index (κ2) is 14.0. The lowest BCUT2D eigenvalue weighted by Gasteiger charge is -2.35. The fourth-order valence-corrected chi connectivity index (χ4v) is 10.3. The average Bonchev–Trinajstić information content (AvgIpc) is 4.05. The summed E-state index contributed by atoms with van der Waals surface area (Å²) in [5, 5.41) is 16.3. The van der Waals surface area contributed by atoms with Gasteiger partial charge in [-0.1, -0.05) is 30.3 Å². The quantitative estimate of drug-likeness (QED) is 0.108. The molecule has 15 heteroatoms. The number of imidazole rings is 2. The highest BCUT2D eigenvalue weighted by Gasteiger charge is 2.50. The third-order valence-electron chi connectivity index (χ3n) is 11.8. The van der Waals surface area contributed by atoms with Crippen LogP contribution in [0.25, 0.3) is 53.6 Å². The van der Waals surface area contributed by atoms with Crippen LogP contribution in [-0.4, -0.2) is 90.6 Å². The van der Waals surface area contributed by atoms with Crippen LogP contribution in [0.4, 0.5) is 9.59 Å². The zero-order valence-electron chi connectivity index (χ0n) is 31.2. The molecule has 5 heterocycles. The molecule has 3 fully saturated rings. The first-order chi connectivity index (χ1) is 27.1. The summed E-state index contributed by atoms with van der Waals surface area (Å²) in [6.45, 7) is 3.81. The van der Waals surface area contributed by atoms with E-state index in [9.17, 15) is 19.2 Å². The number of piperidine rings is 1. The molecule has 3 aromatic carbocycles. The summed E-state index contributed by atoms with van der Waals surface area (Å²) in [6, 6.07) is 17.3. The summed E-state index contributed by atoms with van der Waals surface area (Å²) >= 11 is 1.73. The van der Waals surface area contributed by atoms with E-state index in [1.807, 2.05) is 11.0 Å². The maximum atomic E-state index is 13.6. The maximum Gasteiger partial charge on any atom is 0.407 e. The topological polar surface area (TPSA) is 186 Å². The molecule has 3 aromatic heterocycles. The fourth-order valence-electron chi connectivity index (χ4n) is 9.11. The molecule has 6 aromatic rings. The van der Waals surface area contributed by atoms with Crippen molar-refractivity contribution in [1.29, 1.82) is 0 Å². The smallest absolute Gasteiger partial charge is 0.407 e. The number of alkyl carbamates (subject to hydrolysis) is 1. The van der Waals surface area contributed by atoms with Crippen LogP contribution in [0.5, 0.6) is 0 Å². The Labute approximate surface area is 325 Å². The van der Waals surface area contributed by atoms with Gasteiger partial charge in [-0.25, -0.2) is 19.6 Å². The zero-order valence-corrected chi connectivity index (χ0v) is 32.0. The number of amides is 4. The van der Waals surface area contributed by atoms with Gasteiger partial charge in [0.05, 0.1) is 42.1 Å². The van der Waals surface area contributed by atoms with Crippen LogP contribution in [0.1, 0.15) is 69.7 Å². The number of aromatic amines is 2. The molecule has 288 valence electrons. The Kier molecular flexibility index (Phi) is 8.91. The van der Waals surface area contributed by atoms with E-state index < -0.39 is 24.3 Å². The first-order valence-corrected chi connectivity index (χ1v) is 19.9. The number of methoxy groups -OCH3 is 1. The predicted octanol–water partition coefficient (Wildman–Crippen LogP) is 7.10. The molecule has 2 saturated heterocycles. The number of nitrogens with one attached hydrogen (secondary N) is 4. The minimum absolute atomic E-state index is 0.126. The number of hydrogen-bond donors (Lipinski definition) is 5. The van der Waals surface area contributed by atoms with Gasteiger partial charge in [-0.05, 0) is 87.3 Å². The molecule has 4 amide bonds. The second-order valence-electron chi connectivity index (χ2n) is 15.2. The summed E-state index contributed by atoms with van der Waals surface area (Å²) < 4.78 is 7.04. The Morgan fingerprint density at radius 3 is 2.36 bits per heavy atom. The van der Waals surface area contributed by atoms with Gasteiger partial charge in [-0.2, -0.15) is 0 Å². The summed E-state index contributed by atoms with van der Waals surface area (Å²) in [4.78, 5) is 69.9. The van der Waals surface area contributed by atoms with E-state index >= 15 is 0 Å². The SMILES string of the molecule is COC(=O)NC(C)C(=O)N1C2CCC(C2)C1c1nc2ccc(-c3ccc4c(c3)sc3cc(-c5cnc(C6CCCN6C(=O)C(C)NC(=O)O)[nH]5)ccc34)cc2[nH]1. The molecule has 6 atom stereocenters. The van der Waals surface area contributed by atoms with Gasteiger partial charge in [-0.3, -0.25) is 9.59 Å². The lowest BCUT2D eigenvalue weighted by Crippen LogP contribution is -2.50. The van der Waals surface area contributed by atoms with Gasteiger partial charge < -0.3 is 40.2 Å². The van der Waals surface area contributed by atoms with E-state index in [0.29, 0.717) is 18.3 Å². The van der Waals surface area contributed by atoms with Gasteiger partial charge in [0, 0.05) is 38.3 Å². The maximum absolute atomic E-state index is 13.6. The molecule has 56 heavy (non-hydrogen) atoms. The number of carbonyl (C=O) groups excluding carboxylic acids is 3. The van der Waals surface area contributed by atoms with Crippen molar-refractivity contribution in [3.8, 4) is 22.4 Å². The monoisotopic (exact) mass is 774 g/mol. The lowest BCUT2D eigenvalue weighted by atomic mass is 9.97. The Hall–Kier alpha value is -5.96. The van der Waals surface area contributed by atoms with E-state index in [-0.39, 0.29) is 29.9 Å². The van der Waals surface area contributed by atoms with Gasteiger partial charge in [0.1, 0.15) is 23.7 Å². The Balaban J connectivity index is 0.955. The van der Waals surface area contributed by atoms with Crippen LogP contribution < -0.4 is 10.6 Å². The van der Waals surface area contributed by atoms with Gasteiger partial charge in [-0.15, -0.1) is 11.3 Å². The van der Waals surface area contributed by atoms with Crippen LogP contribution in [0.15, 0.2) is 60.8 Å². The number of thiophene rings is 1. The van der Waals surface area contributed by atoms with Crippen LogP contribution in [0.3, 0.4) is 0 Å². The van der Waals surface area contributed by atoms with Crippen molar-refractivity contribution in [1.82, 2.24) is 40.4 Å². The number of H-pyrrole nitrogens is 2. The number of nitrogens with zero attached hydrogens (tertiary/aromatic N) is 4. The number of carboxylic acid groups (broad SMARTS) is 1. The third-order valence-corrected chi connectivity index (χ3v) is 12.9. The predicted molar refractivity (Wildman–Crippen MR) is 212 cm³/mol. The number of fused-ring (bicyclic) bond motifs is 6. The van der Waals surface area contributed by atoms with E-state index in [1.54, 1.807) is 36.3 Å². The Morgan fingerprint density at radius 1 is 0.875 bits per heavy atom. The normalized spacial score (nSPS) is 21.6. The largest absolute Gasteiger partial charge is 0.465 e. The average molecular weight is 775 g/mol. The molecule has 1 aliphatic carbocycles. The summed E-state index contributed by atoms with van der Waals surface area (Å²) in [7, 11) is 1.29. The van der Waals surface area contributed by atoms with Crippen molar-refractivity contribution in [2.45, 2.75) is 76.2 Å². The van der Waals surface area contributed by atoms with Gasteiger partial charge in [0.15, 0.2) is 0 Å². The molecule has 1 saturated carbocycles. The van der Waals surface area contributed by atoms with Crippen molar-refractivity contribution < 1.29 is 29.0 Å². The number of benzene rings is 3. The first-order valence-electron chi connectivity index (χ1n) is 19.0. The first kappa shape index (κ1) is 35.7. The molecule has 6 unspecified atom stereocenters. The number of carbonyl (C=O) groups is 4. The fraction of sp³-hybridized carbons (Fsp3) is 0.366. The van der Waals surface area contributed by atoms with Crippen LogP contribution in [0, 0.1) is 5.92 Å². The highest BCUT2D eigenvalue weighted by Crippen LogP contribution is 2.50. The number of ether oxygens (including phenoxy) is 1. The van der Waals surface area contributed by atoms with Crippen LogP contribution in [-0.2, 0) is 14.3 Å². The molecule has 2 aliphatic heterocycles. The summed E-state index contributed by atoms with van der Waals surface area (Å²) in [5.74, 6) is 1.40. The van der Waals surface area contributed by atoms with Crippen LogP contribution in [0.2, 0.25) is 0 Å². The highest BCUT2D eigenvalue weighted by atomic mass is 32.1. The number of aromatic nitrogens is 4. The van der Waals surface area contributed by atoms with Crippen molar-refractivity contribution in [2.24, 2.45) is 5.92 Å². The standard InChI is InChI=1S/C41H42N8O6S/c1-20(43-40(52)53)38(50)48-14-4-5-32(48)36-42-19-31(47-36)24-8-12-28-27-11-7-23(17-33(27)56-34(28)18-24)22-9-13-29-30(16-22)46-37(45-29)35-25-6-10-26(15-25)49(35)39(51)21(2)44-41(54)55-3/h7-9,11-13,16-21,25-26,32,35,43H,4-6,10,14-15H2,1-3H3,(H,42,47)(H,44,54)(H,45,46)(H,52,53). The summed E-state index contributed by atoms with van der Waals surface area (Å²) in [6.07, 6.45) is 4.44. The molecule has 3 aliphatic rings. The zero-order chi connectivity index (χ0) is 38.8. The molecule has 0 spiro atoms. The molecular formula is C41H42N8O6S. The van der Waals surface area contributed by atoms with Crippen molar-refractivity contribution in [2.75, 3.05) is 13.7 Å². The second-order valence-corrected chi connectivity index (χ2v) is 16.3. The van der Waals surface area contributed by atoms with Crippen molar-refractivity contribution in [3.63, 3.8) is 0 Å². The van der Waals surface area contributed by atoms with E-state index in [1.165, 1.54) is 22.6 Å². The van der Waals surface area contributed by atoms with Gasteiger partial charge in [0.2, 0.25) is 11.8 Å². The Morgan fingerprint density at radius 2 is 1.59 bits per heavy atom. The lowest BCUT2D eigenvalue weighted by molar-refractivity contribution is -0.137. The molecule has 2 bridgehead atoms. The van der Waals surface area contributed by atoms with E-state index in [2.05, 4.69) is 74.1 Å². The number of hydrogen-bond acceptors (Lipinski definition) is 8. The van der Waals surface area contributed by atoms with E-state index in [4.69, 9.17) is 14.8 Å². The third kappa shape index (κ3) is 6.19. The number of likely N-dealkylation sites (tertiary alicyclic amines) is 2. The van der Waals surface area contributed by atoms with Crippen LogP contribution >= 0.6 is 11.3 Å². The minimum atomic E-state index is -1.22.